The van der Waals surface area contributed by atoms with Crippen LogP contribution in [0.1, 0.15) is 47.7 Å². The smallest absolute Gasteiger partial charge is 0.155 e. The molecular weight excluding hydrogens is 250 g/mol. The molecule has 1 aromatic heterocycles. The molecule has 0 spiro atoms. The molecule has 1 aliphatic carbocycles. The molecule has 1 aromatic rings. The van der Waals surface area contributed by atoms with E-state index in [1.165, 1.54) is 12.8 Å². The Bertz CT molecular complexity index is 422. The van der Waals surface area contributed by atoms with Crippen molar-refractivity contribution in [2.24, 2.45) is 0 Å². The van der Waals surface area contributed by atoms with E-state index < -0.39 is 0 Å². The van der Waals surface area contributed by atoms with Crippen molar-refractivity contribution in [1.29, 1.82) is 0 Å². The minimum absolute atomic E-state index is 0.420. The molecule has 18 heavy (non-hydrogen) atoms. The highest BCUT2D eigenvalue weighted by Crippen LogP contribution is 2.36. The van der Waals surface area contributed by atoms with Crippen molar-refractivity contribution in [1.82, 2.24) is 14.7 Å². The molecule has 0 bridgehead atoms. The van der Waals surface area contributed by atoms with Crippen LogP contribution in [-0.2, 0) is 6.54 Å². The molecule has 1 heterocycles. The normalized spacial score (nSPS) is 16.7. The Labute approximate surface area is 113 Å². The number of hydrogen-bond acceptors (Lipinski definition) is 3. The zero-order chi connectivity index (χ0) is 13.1. The topological polar surface area (TPSA) is 38.1 Å². The summed E-state index contributed by atoms with van der Waals surface area (Å²) in [5.41, 5.74) is 1.51. The van der Waals surface area contributed by atoms with Crippen LogP contribution in [0, 0.1) is 0 Å². The van der Waals surface area contributed by atoms with Crippen LogP contribution in [-0.4, -0.2) is 41.6 Å². The van der Waals surface area contributed by atoms with E-state index >= 15 is 0 Å². The van der Waals surface area contributed by atoms with Gasteiger partial charge < -0.3 is 4.90 Å². The number of aldehydes is 1. The summed E-state index contributed by atoms with van der Waals surface area (Å²) in [7, 11) is 4.02. The van der Waals surface area contributed by atoms with E-state index in [2.05, 4.69) is 10.00 Å². The molecule has 1 aliphatic rings. The monoisotopic (exact) mass is 269 g/mol. The number of likely N-dealkylation sites (N-methyl/N-ethyl adjacent to an activating group) is 1. The van der Waals surface area contributed by atoms with E-state index in [1.807, 2.05) is 14.1 Å². The van der Waals surface area contributed by atoms with E-state index in [0.29, 0.717) is 16.6 Å². The van der Waals surface area contributed by atoms with Crippen molar-refractivity contribution in [3.8, 4) is 0 Å². The standard InChI is InChI=1S/C13H20ClN3O/c1-16(2)7-8-17-13(14)11(9-18)12(15-17)10-5-3-4-6-10/h9-10H,3-8H2,1-2H3. The van der Waals surface area contributed by atoms with Crippen molar-refractivity contribution < 1.29 is 4.79 Å². The minimum atomic E-state index is 0.420. The largest absolute Gasteiger partial charge is 0.308 e. The van der Waals surface area contributed by atoms with Gasteiger partial charge in [-0.2, -0.15) is 5.10 Å². The Kier molecular flexibility index (Phi) is 4.40. The average Bonchev–Trinajstić information content (AvgIpc) is 2.94. The zero-order valence-electron chi connectivity index (χ0n) is 11.0. The first-order valence-electron chi connectivity index (χ1n) is 6.49. The fourth-order valence-corrected chi connectivity index (χ4v) is 2.79. The van der Waals surface area contributed by atoms with Gasteiger partial charge in [0.25, 0.3) is 0 Å². The molecule has 100 valence electrons. The first kappa shape index (κ1) is 13.6. The van der Waals surface area contributed by atoms with Gasteiger partial charge in [-0.1, -0.05) is 24.4 Å². The molecular formula is C13H20ClN3O. The Morgan fingerprint density at radius 2 is 2.11 bits per heavy atom. The van der Waals surface area contributed by atoms with Gasteiger partial charge in [0, 0.05) is 12.5 Å². The molecule has 1 fully saturated rings. The molecule has 0 amide bonds. The summed E-state index contributed by atoms with van der Waals surface area (Å²) in [6.07, 6.45) is 5.56. The number of nitrogens with zero attached hydrogens (tertiary/aromatic N) is 3. The lowest BCUT2D eigenvalue weighted by Crippen LogP contribution is -2.19. The molecule has 0 atom stereocenters. The third kappa shape index (κ3) is 2.75. The number of carbonyl (C=O) groups excluding carboxylic acids is 1. The number of halogens is 1. The summed E-state index contributed by atoms with van der Waals surface area (Å²) < 4.78 is 1.76. The van der Waals surface area contributed by atoms with Crippen LogP contribution in [0.5, 0.6) is 0 Å². The molecule has 5 heteroatoms. The lowest BCUT2D eigenvalue weighted by molar-refractivity contribution is 0.112. The first-order valence-corrected chi connectivity index (χ1v) is 6.87. The van der Waals surface area contributed by atoms with E-state index in [0.717, 1.165) is 37.9 Å². The quantitative estimate of drug-likeness (QED) is 0.771. The lowest BCUT2D eigenvalue weighted by Gasteiger charge is -2.09. The number of aromatic nitrogens is 2. The molecule has 0 unspecified atom stereocenters. The highest BCUT2D eigenvalue weighted by Gasteiger charge is 2.25. The third-order valence-electron chi connectivity index (χ3n) is 3.57. The predicted octanol–water partition coefficient (Wildman–Crippen LogP) is 2.57. The summed E-state index contributed by atoms with van der Waals surface area (Å²) in [5, 5.41) is 5.06. The van der Waals surface area contributed by atoms with E-state index in [1.54, 1.807) is 4.68 Å². The van der Waals surface area contributed by atoms with Gasteiger partial charge in [-0.05, 0) is 26.9 Å². The Balaban J connectivity index is 2.23. The van der Waals surface area contributed by atoms with Gasteiger partial charge in [0.05, 0.1) is 17.8 Å². The molecule has 0 aliphatic heterocycles. The second kappa shape index (κ2) is 5.85. The van der Waals surface area contributed by atoms with Crippen molar-refractivity contribution in [2.45, 2.75) is 38.1 Å². The summed E-state index contributed by atoms with van der Waals surface area (Å²) in [6, 6.07) is 0. The van der Waals surface area contributed by atoms with Crippen molar-refractivity contribution >= 4 is 17.9 Å². The number of carbonyl (C=O) groups is 1. The number of rotatable bonds is 5. The van der Waals surface area contributed by atoms with Gasteiger partial charge >= 0.3 is 0 Å². The molecule has 0 saturated heterocycles. The molecule has 0 aromatic carbocycles. The summed E-state index contributed by atoms with van der Waals surface area (Å²) in [6.45, 7) is 1.59. The van der Waals surface area contributed by atoms with Gasteiger partial charge in [-0.15, -0.1) is 0 Å². The van der Waals surface area contributed by atoms with Crippen LogP contribution in [0.15, 0.2) is 0 Å². The summed E-state index contributed by atoms with van der Waals surface area (Å²) in [5.74, 6) is 0.420. The summed E-state index contributed by atoms with van der Waals surface area (Å²) >= 11 is 6.24. The molecule has 0 N–H and O–H groups in total. The van der Waals surface area contributed by atoms with Crippen molar-refractivity contribution in [2.75, 3.05) is 20.6 Å². The van der Waals surface area contributed by atoms with Crippen LogP contribution in [0.4, 0.5) is 0 Å². The van der Waals surface area contributed by atoms with Gasteiger partial charge in [0.15, 0.2) is 6.29 Å². The fraction of sp³-hybridized carbons (Fsp3) is 0.692. The van der Waals surface area contributed by atoms with Crippen LogP contribution in [0.3, 0.4) is 0 Å². The molecule has 1 saturated carbocycles. The molecule has 0 radical (unpaired) electrons. The van der Waals surface area contributed by atoms with E-state index in [-0.39, 0.29) is 0 Å². The maximum Gasteiger partial charge on any atom is 0.155 e. The van der Waals surface area contributed by atoms with Crippen LogP contribution in [0.25, 0.3) is 0 Å². The minimum Gasteiger partial charge on any atom is -0.308 e. The highest BCUT2D eigenvalue weighted by molar-refractivity contribution is 6.32. The Morgan fingerprint density at radius 3 is 2.67 bits per heavy atom. The first-order chi connectivity index (χ1) is 8.63. The van der Waals surface area contributed by atoms with Crippen molar-refractivity contribution in [3.05, 3.63) is 16.4 Å². The number of hydrogen-bond donors (Lipinski definition) is 0. The van der Waals surface area contributed by atoms with Crippen molar-refractivity contribution in [3.63, 3.8) is 0 Å². The maximum atomic E-state index is 11.2. The Morgan fingerprint density at radius 1 is 1.44 bits per heavy atom. The molecule has 2 rings (SSSR count). The average molecular weight is 270 g/mol. The second-order valence-electron chi connectivity index (χ2n) is 5.22. The SMILES string of the molecule is CN(C)CCn1nc(C2CCCC2)c(C=O)c1Cl. The summed E-state index contributed by atoms with van der Waals surface area (Å²) in [4.78, 5) is 13.3. The zero-order valence-corrected chi connectivity index (χ0v) is 11.8. The van der Waals surface area contributed by atoms with E-state index in [4.69, 9.17) is 11.6 Å². The van der Waals surface area contributed by atoms with E-state index in [9.17, 15) is 4.79 Å². The fourth-order valence-electron chi connectivity index (χ4n) is 2.53. The predicted molar refractivity (Wildman–Crippen MR) is 72.4 cm³/mol. The van der Waals surface area contributed by atoms with Gasteiger partial charge in [0.2, 0.25) is 0 Å². The highest BCUT2D eigenvalue weighted by atomic mass is 35.5. The second-order valence-corrected chi connectivity index (χ2v) is 5.57. The van der Waals surface area contributed by atoms with Crippen LogP contribution >= 0.6 is 11.6 Å². The van der Waals surface area contributed by atoms with Crippen LogP contribution < -0.4 is 0 Å². The molecule has 4 nitrogen and oxygen atoms in total. The Hall–Kier alpha value is -0.870. The maximum absolute atomic E-state index is 11.2. The van der Waals surface area contributed by atoms with Gasteiger partial charge in [-0.3, -0.25) is 9.48 Å². The lowest BCUT2D eigenvalue weighted by atomic mass is 10.0. The van der Waals surface area contributed by atoms with Gasteiger partial charge in [0.1, 0.15) is 5.15 Å². The van der Waals surface area contributed by atoms with Crippen LogP contribution in [0.2, 0.25) is 5.15 Å². The third-order valence-corrected chi connectivity index (χ3v) is 3.97. The van der Waals surface area contributed by atoms with Gasteiger partial charge in [-0.25, -0.2) is 0 Å².